The summed E-state index contributed by atoms with van der Waals surface area (Å²) in [5.74, 6) is 0. The molecule has 1 radical (unpaired) electrons. The number of hydroxylamine groups is 1. The van der Waals surface area contributed by atoms with Crippen LogP contribution < -0.4 is 5.48 Å². The highest BCUT2D eigenvalue weighted by Crippen LogP contribution is 1.74. The summed E-state index contributed by atoms with van der Waals surface area (Å²) in [6.07, 6.45) is 1.06. The van der Waals surface area contributed by atoms with E-state index in [1.807, 2.05) is 6.92 Å². The first kappa shape index (κ1) is 6.92. The van der Waals surface area contributed by atoms with Gasteiger partial charge >= 0.3 is 0 Å². The zero-order chi connectivity index (χ0) is 5.54. The summed E-state index contributed by atoms with van der Waals surface area (Å²) in [6, 6.07) is 0. The molecule has 0 saturated carbocycles. The summed E-state index contributed by atoms with van der Waals surface area (Å²) < 4.78 is 0. The van der Waals surface area contributed by atoms with Crippen molar-refractivity contribution in [3.8, 4) is 0 Å². The molecule has 0 aromatic carbocycles. The SMILES string of the molecule is C[CH]NOCCC. The molecule has 0 spiro atoms. The molecular weight excluding hydrogens is 90.1 g/mol. The molecule has 0 saturated heterocycles. The van der Waals surface area contributed by atoms with E-state index < -0.39 is 0 Å². The van der Waals surface area contributed by atoms with Gasteiger partial charge in [-0.15, -0.1) is 0 Å². The van der Waals surface area contributed by atoms with Crippen LogP contribution >= 0.6 is 0 Å². The minimum atomic E-state index is 0.782. The van der Waals surface area contributed by atoms with Crippen LogP contribution in [0.3, 0.4) is 0 Å². The first-order valence-electron chi connectivity index (χ1n) is 2.57. The Morgan fingerprint density at radius 3 is 2.86 bits per heavy atom. The highest BCUT2D eigenvalue weighted by atomic mass is 16.6. The van der Waals surface area contributed by atoms with Gasteiger partial charge in [-0.05, 0) is 13.3 Å². The molecule has 0 aromatic rings. The Bertz CT molecular complexity index is 27.3. The minimum absolute atomic E-state index is 0.782. The zero-order valence-corrected chi connectivity index (χ0v) is 4.90. The minimum Gasteiger partial charge on any atom is -0.302 e. The summed E-state index contributed by atoms with van der Waals surface area (Å²) in [5.41, 5.74) is 2.62. The molecule has 0 atom stereocenters. The van der Waals surface area contributed by atoms with Crippen molar-refractivity contribution >= 4 is 0 Å². The van der Waals surface area contributed by atoms with Crippen LogP contribution in [-0.2, 0) is 4.84 Å². The Kier molecular flexibility index (Phi) is 5.85. The number of nitrogens with one attached hydrogen (secondary N) is 1. The number of rotatable bonds is 4. The maximum absolute atomic E-state index is 4.83. The van der Waals surface area contributed by atoms with Crippen LogP contribution in [0.5, 0.6) is 0 Å². The molecule has 0 aromatic heterocycles. The third-order valence-electron chi connectivity index (χ3n) is 0.507. The average molecular weight is 102 g/mol. The van der Waals surface area contributed by atoms with Gasteiger partial charge < -0.3 is 4.84 Å². The molecule has 0 heterocycles. The first-order chi connectivity index (χ1) is 3.41. The maximum atomic E-state index is 4.83. The van der Waals surface area contributed by atoms with Gasteiger partial charge in [-0.25, -0.2) is 0 Å². The normalized spacial score (nSPS) is 9.43. The fraction of sp³-hybridized carbons (Fsp3) is 0.800. The molecule has 0 fully saturated rings. The summed E-state index contributed by atoms with van der Waals surface area (Å²) in [7, 11) is 0. The van der Waals surface area contributed by atoms with Gasteiger partial charge in [-0.3, -0.25) is 0 Å². The average Bonchev–Trinajstić information content (AvgIpc) is 1.69. The highest BCUT2D eigenvalue weighted by Gasteiger charge is 1.76. The molecule has 2 nitrogen and oxygen atoms in total. The van der Waals surface area contributed by atoms with Gasteiger partial charge in [0.1, 0.15) is 0 Å². The van der Waals surface area contributed by atoms with E-state index in [0.29, 0.717) is 0 Å². The van der Waals surface area contributed by atoms with Crippen molar-refractivity contribution in [2.45, 2.75) is 20.3 Å². The summed E-state index contributed by atoms with van der Waals surface area (Å²) in [6.45, 7) is 6.49. The molecule has 0 rings (SSSR count). The standard InChI is InChI=1S/C5H12NO/c1-3-5-7-6-4-2/h4,6H,3,5H2,1-2H3. The molecule has 0 aliphatic rings. The van der Waals surface area contributed by atoms with Crippen LogP contribution in [-0.4, -0.2) is 6.61 Å². The van der Waals surface area contributed by atoms with Crippen molar-refractivity contribution in [2.24, 2.45) is 0 Å². The predicted molar refractivity (Wildman–Crippen MR) is 29.4 cm³/mol. The molecule has 43 valence electrons. The van der Waals surface area contributed by atoms with E-state index in [2.05, 4.69) is 12.4 Å². The van der Waals surface area contributed by atoms with Gasteiger partial charge in [0, 0.05) is 6.54 Å². The maximum Gasteiger partial charge on any atom is 0.0679 e. The van der Waals surface area contributed by atoms with Gasteiger partial charge in [0.15, 0.2) is 0 Å². The molecule has 7 heavy (non-hydrogen) atoms. The zero-order valence-electron chi connectivity index (χ0n) is 4.90. The summed E-state index contributed by atoms with van der Waals surface area (Å²) >= 11 is 0. The van der Waals surface area contributed by atoms with E-state index in [4.69, 9.17) is 4.84 Å². The highest BCUT2D eigenvalue weighted by molar-refractivity contribution is 4.37. The van der Waals surface area contributed by atoms with Crippen molar-refractivity contribution in [3.05, 3.63) is 6.54 Å². The van der Waals surface area contributed by atoms with Crippen LogP contribution in [0, 0.1) is 6.54 Å². The lowest BCUT2D eigenvalue weighted by Crippen LogP contribution is -2.08. The largest absolute Gasteiger partial charge is 0.302 e. The molecular formula is C5H12NO. The fourth-order valence-electron chi connectivity index (χ4n) is 0.244. The smallest absolute Gasteiger partial charge is 0.0679 e. The molecule has 0 unspecified atom stereocenters. The Hall–Kier alpha value is -0.0800. The lowest BCUT2D eigenvalue weighted by molar-refractivity contribution is 0.0607. The van der Waals surface area contributed by atoms with Gasteiger partial charge in [-0.2, -0.15) is 5.48 Å². The van der Waals surface area contributed by atoms with Crippen LogP contribution in [0.2, 0.25) is 0 Å². The topological polar surface area (TPSA) is 21.3 Å². The van der Waals surface area contributed by atoms with Crippen molar-refractivity contribution in [1.29, 1.82) is 0 Å². The quantitative estimate of drug-likeness (QED) is 0.424. The first-order valence-corrected chi connectivity index (χ1v) is 2.57. The molecule has 0 aliphatic carbocycles. The summed E-state index contributed by atoms with van der Waals surface area (Å²) in [5, 5.41) is 0. The van der Waals surface area contributed by atoms with Gasteiger partial charge in [0.2, 0.25) is 0 Å². The lowest BCUT2D eigenvalue weighted by Gasteiger charge is -1.97. The second kappa shape index (κ2) is 5.92. The molecule has 1 N–H and O–H groups in total. The fourth-order valence-corrected chi connectivity index (χ4v) is 0.244. The van der Waals surface area contributed by atoms with Crippen molar-refractivity contribution in [3.63, 3.8) is 0 Å². The van der Waals surface area contributed by atoms with Gasteiger partial charge in [-0.1, -0.05) is 6.92 Å². The third kappa shape index (κ3) is 5.92. The van der Waals surface area contributed by atoms with Crippen molar-refractivity contribution < 1.29 is 4.84 Å². The summed E-state index contributed by atoms with van der Waals surface area (Å²) in [4.78, 5) is 4.83. The Morgan fingerprint density at radius 1 is 1.71 bits per heavy atom. The Morgan fingerprint density at radius 2 is 2.43 bits per heavy atom. The van der Waals surface area contributed by atoms with Crippen LogP contribution in [0.25, 0.3) is 0 Å². The van der Waals surface area contributed by atoms with Crippen molar-refractivity contribution in [1.82, 2.24) is 5.48 Å². The number of hydrogen-bond donors (Lipinski definition) is 1. The van der Waals surface area contributed by atoms with Crippen LogP contribution in [0.4, 0.5) is 0 Å². The van der Waals surface area contributed by atoms with Crippen LogP contribution in [0.1, 0.15) is 20.3 Å². The van der Waals surface area contributed by atoms with E-state index in [1.54, 1.807) is 6.54 Å². The van der Waals surface area contributed by atoms with Crippen LogP contribution in [0.15, 0.2) is 0 Å². The van der Waals surface area contributed by atoms with E-state index in [1.165, 1.54) is 0 Å². The van der Waals surface area contributed by atoms with E-state index in [9.17, 15) is 0 Å². The lowest BCUT2D eigenvalue weighted by atomic mass is 10.5. The Balaban J connectivity index is 2.45. The van der Waals surface area contributed by atoms with E-state index in [-0.39, 0.29) is 0 Å². The van der Waals surface area contributed by atoms with E-state index >= 15 is 0 Å². The molecule has 2 heteroatoms. The van der Waals surface area contributed by atoms with Gasteiger partial charge in [0.05, 0.1) is 6.61 Å². The number of hydrogen-bond acceptors (Lipinski definition) is 2. The molecule has 0 bridgehead atoms. The van der Waals surface area contributed by atoms with E-state index in [0.717, 1.165) is 13.0 Å². The predicted octanol–water partition coefficient (Wildman–Crippen LogP) is 1.10. The Labute approximate surface area is 44.8 Å². The molecule has 0 aliphatic heterocycles. The second-order valence-electron chi connectivity index (χ2n) is 1.25. The second-order valence-corrected chi connectivity index (χ2v) is 1.25. The third-order valence-corrected chi connectivity index (χ3v) is 0.507. The molecule has 0 amide bonds. The van der Waals surface area contributed by atoms with Crippen molar-refractivity contribution in [2.75, 3.05) is 6.61 Å². The monoisotopic (exact) mass is 102 g/mol. The van der Waals surface area contributed by atoms with Gasteiger partial charge in [0.25, 0.3) is 0 Å².